The predicted molar refractivity (Wildman–Crippen MR) is 108 cm³/mol. The maximum Gasteiger partial charge on any atom is 0.316 e. The molecule has 4 rings (SSSR count). The van der Waals surface area contributed by atoms with Crippen LogP contribution >= 0.6 is 0 Å². The molecular formula is C21H21FN4O3. The van der Waals surface area contributed by atoms with Gasteiger partial charge in [0.05, 0.1) is 17.1 Å². The number of hydrogen-bond acceptors (Lipinski definition) is 4. The number of H-pyrrole nitrogens is 1. The highest BCUT2D eigenvalue weighted by atomic mass is 19.1. The number of carbonyl (C=O) groups is 1. The highest BCUT2D eigenvalue weighted by Crippen LogP contribution is 2.25. The minimum Gasteiger partial charge on any atom is -0.329 e. The first-order valence-electron chi connectivity index (χ1n) is 9.53. The van der Waals surface area contributed by atoms with Gasteiger partial charge in [-0.3, -0.25) is 14.4 Å². The Balaban J connectivity index is 1.74. The monoisotopic (exact) mass is 396 g/mol. The maximum atomic E-state index is 13.7. The number of aryl methyl sites for hydroxylation is 1. The summed E-state index contributed by atoms with van der Waals surface area (Å²) in [5.74, 6) is -0.556. The topological polar surface area (TPSA) is 87.2 Å². The number of aromatic nitrogens is 2. The van der Waals surface area contributed by atoms with Gasteiger partial charge >= 0.3 is 11.1 Å². The molecule has 2 N–H and O–H groups in total. The van der Waals surface area contributed by atoms with Crippen LogP contribution < -0.4 is 16.4 Å². The van der Waals surface area contributed by atoms with E-state index in [0.29, 0.717) is 42.8 Å². The van der Waals surface area contributed by atoms with Crippen molar-refractivity contribution in [3.8, 4) is 0 Å². The van der Waals surface area contributed by atoms with Crippen LogP contribution in [0.15, 0.2) is 52.1 Å². The average molecular weight is 396 g/mol. The zero-order valence-electron chi connectivity index (χ0n) is 15.9. The molecule has 2 heterocycles. The molecule has 7 nitrogen and oxygen atoms in total. The lowest BCUT2D eigenvalue weighted by Crippen LogP contribution is -2.48. The van der Waals surface area contributed by atoms with Gasteiger partial charge in [-0.05, 0) is 42.8 Å². The van der Waals surface area contributed by atoms with Crippen molar-refractivity contribution in [3.05, 3.63) is 80.1 Å². The molecule has 2 aromatic carbocycles. The normalized spacial score (nSPS) is 16.9. The van der Waals surface area contributed by atoms with Crippen molar-refractivity contribution >= 4 is 16.9 Å². The van der Waals surface area contributed by atoms with Gasteiger partial charge < -0.3 is 19.8 Å². The van der Waals surface area contributed by atoms with Crippen LogP contribution in [-0.2, 0) is 6.54 Å². The predicted octanol–water partition coefficient (Wildman–Crippen LogP) is 1.64. The molecule has 0 bridgehead atoms. The second-order valence-corrected chi connectivity index (χ2v) is 7.01. The maximum absolute atomic E-state index is 13.7. The number of carbonyl (C=O) groups excluding carboxylic acids is 1. The van der Waals surface area contributed by atoms with Crippen LogP contribution in [-0.4, -0.2) is 40.0 Å². The minimum absolute atomic E-state index is 0.210. The lowest BCUT2D eigenvalue weighted by Gasteiger charge is -2.36. The van der Waals surface area contributed by atoms with Crippen molar-refractivity contribution in [1.29, 1.82) is 0 Å². The largest absolute Gasteiger partial charge is 0.329 e. The quantitative estimate of drug-likeness (QED) is 0.659. The van der Waals surface area contributed by atoms with E-state index in [2.05, 4.69) is 10.3 Å². The summed E-state index contributed by atoms with van der Waals surface area (Å²) < 4.78 is 15.1. The molecular weight excluding hydrogens is 375 g/mol. The SMILES string of the molecule is CCn1c(=O)c(=O)[nH]c2cc(C(=O)N3CCNCC3c3cccc(F)c3)ccc21. The number of nitrogens with one attached hydrogen (secondary N) is 2. The van der Waals surface area contributed by atoms with Gasteiger partial charge in [0.2, 0.25) is 0 Å². The Kier molecular flexibility index (Phi) is 5.02. The molecule has 8 heteroatoms. The van der Waals surface area contributed by atoms with Gasteiger partial charge in [0.15, 0.2) is 0 Å². The van der Waals surface area contributed by atoms with Crippen molar-refractivity contribution < 1.29 is 9.18 Å². The number of amides is 1. The molecule has 3 aromatic rings. The smallest absolute Gasteiger partial charge is 0.316 e. The van der Waals surface area contributed by atoms with E-state index in [1.165, 1.54) is 16.7 Å². The molecule has 29 heavy (non-hydrogen) atoms. The van der Waals surface area contributed by atoms with E-state index in [0.717, 1.165) is 5.56 Å². The molecule has 1 fully saturated rings. The molecule has 150 valence electrons. The van der Waals surface area contributed by atoms with E-state index in [9.17, 15) is 18.8 Å². The molecule has 1 amide bonds. The number of nitrogens with zero attached hydrogens (tertiary/aromatic N) is 2. The number of piperazine rings is 1. The molecule has 1 saturated heterocycles. The first-order chi connectivity index (χ1) is 14.0. The summed E-state index contributed by atoms with van der Waals surface area (Å²) in [6, 6.07) is 10.9. The third kappa shape index (κ3) is 3.47. The van der Waals surface area contributed by atoms with Gasteiger partial charge in [0.25, 0.3) is 5.91 Å². The second kappa shape index (κ2) is 7.63. The standard InChI is InChI=1S/C21H21FN4O3/c1-2-25-17-7-6-14(11-16(17)24-19(27)21(25)29)20(28)26-9-8-23-12-18(26)13-4-3-5-15(22)10-13/h3-7,10-11,18,23H,2,8-9,12H2,1H3,(H,24,27). The Morgan fingerprint density at radius 1 is 1.21 bits per heavy atom. The number of halogens is 1. The molecule has 1 aliphatic heterocycles. The summed E-state index contributed by atoms with van der Waals surface area (Å²) >= 11 is 0. The molecule has 0 radical (unpaired) electrons. The lowest BCUT2D eigenvalue weighted by atomic mass is 10.0. The number of rotatable bonds is 3. The Morgan fingerprint density at radius 3 is 2.79 bits per heavy atom. The zero-order valence-corrected chi connectivity index (χ0v) is 15.9. The molecule has 1 atom stereocenters. The van der Waals surface area contributed by atoms with Gasteiger partial charge in [-0.2, -0.15) is 0 Å². The van der Waals surface area contributed by atoms with E-state index in [1.54, 1.807) is 42.2 Å². The van der Waals surface area contributed by atoms with Crippen LogP contribution in [0.2, 0.25) is 0 Å². The van der Waals surface area contributed by atoms with Crippen LogP contribution in [0.1, 0.15) is 28.9 Å². The molecule has 1 unspecified atom stereocenters. The van der Waals surface area contributed by atoms with E-state index in [4.69, 9.17) is 0 Å². The number of aromatic amines is 1. The summed E-state index contributed by atoms with van der Waals surface area (Å²) in [5, 5.41) is 3.25. The second-order valence-electron chi connectivity index (χ2n) is 7.01. The number of benzene rings is 2. The average Bonchev–Trinajstić information content (AvgIpc) is 2.74. The van der Waals surface area contributed by atoms with Crippen molar-refractivity contribution in [2.24, 2.45) is 0 Å². The van der Waals surface area contributed by atoms with Crippen molar-refractivity contribution in [2.75, 3.05) is 19.6 Å². The van der Waals surface area contributed by atoms with Gasteiger partial charge in [0, 0.05) is 31.7 Å². The summed E-state index contributed by atoms with van der Waals surface area (Å²) in [4.78, 5) is 41.5. The van der Waals surface area contributed by atoms with E-state index < -0.39 is 11.1 Å². The fourth-order valence-electron chi connectivity index (χ4n) is 3.85. The minimum atomic E-state index is -0.719. The summed E-state index contributed by atoms with van der Waals surface area (Å²) in [7, 11) is 0. The van der Waals surface area contributed by atoms with E-state index in [1.807, 2.05) is 0 Å². The van der Waals surface area contributed by atoms with Crippen LogP contribution in [0.4, 0.5) is 4.39 Å². The molecule has 1 aromatic heterocycles. The van der Waals surface area contributed by atoms with Gasteiger partial charge in [-0.1, -0.05) is 12.1 Å². The van der Waals surface area contributed by atoms with Gasteiger partial charge in [-0.15, -0.1) is 0 Å². The summed E-state index contributed by atoms with van der Waals surface area (Å²) in [6.07, 6.45) is 0. The molecule has 0 saturated carbocycles. The molecule has 1 aliphatic rings. The fraction of sp³-hybridized carbons (Fsp3) is 0.286. The Bertz CT molecular complexity index is 1200. The van der Waals surface area contributed by atoms with Crippen LogP contribution in [0, 0.1) is 5.82 Å². The first kappa shape index (κ1) is 19.1. The Hall–Kier alpha value is -3.26. The summed E-state index contributed by atoms with van der Waals surface area (Å²) in [6.45, 7) is 3.77. The number of fused-ring (bicyclic) bond motifs is 1. The Morgan fingerprint density at radius 2 is 2.03 bits per heavy atom. The lowest BCUT2D eigenvalue weighted by molar-refractivity contribution is 0.0634. The number of hydrogen-bond donors (Lipinski definition) is 2. The van der Waals surface area contributed by atoms with Gasteiger partial charge in [-0.25, -0.2) is 4.39 Å². The highest BCUT2D eigenvalue weighted by Gasteiger charge is 2.29. The molecule has 0 aliphatic carbocycles. The Labute approximate surface area is 165 Å². The zero-order chi connectivity index (χ0) is 20.5. The van der Waals surface area contributed by atoms with E-state index >= 15 is 0 Å². The van der Waals surface area contributed by atoms with Crippen molar-refractivity contribution in [1.82, 2.24) is 19.8 Å². The van der Waals surface area contributed by atoms with Crippen LogP contribution in [0.3, 0.4) is 0 Å². The third-order valence-electron chi connectivity index (χ3n) is 5.28. The molecule has 0 spiro atoms. The fourth-order valence-corrected chi connectivity index (χ4v) is 3.85. The first-order valence-corrected chi connectivity index (χ1v) is 9.53. The van der Waals surface area contributed by atoms with Gasteiger partial charge in [0.1, 0.15) is 5.82 Å². The van der Waals surface area contributed by atoms with Crippen molar-refractivity contribution in [2.45, 2.75) is 19.5 Å². The van der Waals surface area contributed by atoms with E-state index in [-0.39, 0.29) is 17.8 Å². The summed E-state index contributed by atoms with van der Waals surface area (Å²) in [5.41, 5.74) is 0.781. The van der Waals surface area contributed by atoms with Crippen LogP contribution in [0.25, 0.3) is 11.0 Å². The highest BCUT2D eigenvalue weighted by molar-refractivity contribution is 5.97. The third-order valence-corrected chi connectivity index (χ3v) is 5.28. The van der Waals surface area contributed by atoms with Crippen LogP contribution in [0.5, 0.6) is 0 Å². The van der Waals surface area contributed by atoms with Crippen molar-refractivity contribution in [3.63, 3.8) is 0 Å².